The van der Waals surface area contributed by atoms with E-state index in [0.717, 1.165) is 5.56 Å². The van der Waals surface area contributed by atoms with Crippen LogP contribution in [0.1, 0.15) is 25.0 Å². The Morgan fingerprint density at radius 2 is 1.76 bits per heavy atom. The summed E-state index contributed by atoms with van der Waals surface area (Å²) in [6, 6.07) is 16.3. The fourth-order valence-electron chi connectivity index (χ4n) is 2.20. The third kappa shape index (κ3) is 5.47. The van der Waals surface area contributed by atoms with Gasteiger partial charge < -0.3 is 10.1 Å². The molecule has 0 saturated heterocycles. The second kappa shape index (κ2) is 9.04. The first-order chi connectivity index (χ1) is 12.0. The Kier molecular flexibility index (Phi) is 6.78. The molecule has 4 nitrogen and oxygen atoms in total. The van der Waals surface area contributed by atoms with Crippen LogP contribution in [-0.2, 0) is 14.3 Å². The van der Waals surface area contributed by atoms with Gasteiger partial charge in [0, 0.05) is 11.6 Å². The SMILES string of the molecule is CCNC(=O)[C@@H](C)OC(=O)/C(=C/c1ccccc1)c1ccc(Cl)cc1. The Morgan fingerprint density at radius 3 is 2.36 bits per heavy atom. The fourth-order valence-corrected chi connectivity index (χ4v) is 2.33. The summed E-state index contributed by atoms with van der Waals surface area (Å²) in [5.74, 6) is -0.893. The molecule has 0 spiro atoms. The van der Waals surface area contributed by atoms with Crippen LogP contribution in [0.4, 0.5) is 0 Å². The fraction of sp³-hybridized carbons (Fsp3) is 0.200. The van der Waals surface area contributed by atoms with Crippen molar-refractivity contribution < 1.29 is 14.3 Å². The number of carbonyl (C=O) groups is 2. The molecule has 0 aliphatic carbocycles. The van der Waals surface area contributed by atoms with Crippen LogP contribution in [0.3, 0.4) is 0 Å². The molecule has 0 aliphatic heterocycles. The van der Waals surface area contributed by atoms with E-state index in [0.29, 0.717) is 22.7 Å². The lowest BCUT2D eigenvalue weighted by Crippen LogP contribution is -2.35. The average molecular weight is 358 g/mol. The quantitative estimate of drug-likeness (QED) is 0.484. The lowest BCUT2D eigenvalue weighted by molar-refractivity contribution is -0.149. The largest absolute Gasteiger partial charge is 0.449 e. The number of ether oxygens (including phenoxy) is 1. The Balaban J connectivity index is 2.31. The third-order valence-electron chi connectivity index (χ3n) is 3.49. The molecule has 0 radical (unpaired) electrons. The molecule has 0 saturated carbocycles. The van der Waals surface area contributed by atoms with Gasteiger partial charge in [-0.15, -0.1) is 0 Å². The van der Waals surface area contributed by atoms with Crippen LogP contribution in [0.2, 0.25) is 5.02 Å². The Bertz CT molecular complexity index is 754. The molecular weight excluding hydrogens is 338 g/mol. The summed E-state index contributed by atoms with van der Waals surface area (Å²) in [7, 11) is 0. The molecule has 2 aromatic rings. The number of likely N-dealkylation sites (N-methyl/N-ethyl adjacent to an activating group) is 1. The molecule has 0 aliphatic rings. The van der Waals surface area contributed by atoms with Crippen molar-refractivity contribution in [2.45, 2.75) is 20.0 Å². The zero-order valence-electron chi connectivity index (χ0n) is 14.2. The van der Waals surface area contributed by atoms with Gasteiger partial charge in [0.05, 0.1) is 5.57 Å². The van der Waals surface area contributed by atoms with Crippen LogP contribution in [-0.4, -0.2) is 24.5 Å². The Morgan fingerprint density at radius 1 is 1.12 bits per heavy atom. The smallest absolute Gasteiger partial charge is 0.339 e. The number of nitrogens with one attached hydrogen (secondary N) is 1. The summed E-state index contributed by atoms with van der Waals surface area (Å²) in [5, 5.41) is 3.21. The number of hydrogen-bond acceptors (Lipinski definition) is 3. The van der Waals surface area contributed by atoms with Gasteiger partial charge in [0.15, 0.2) is 6.10 Å². The molecule has 0 aromatic heterocycles. The summed E-state index contributed by atoms with van der Waals surface area (Å²) >= 11 is 5.93. The molecule has 25 heavy (non-hydrogen) atoms. The van der Waals surface area contributed by atoms with Gasteiger partial charge in [-0.1, -0.05) is 54.1 Å². The molecule has 1 atom stereocenters. The molecule has 2 aromatic carbocycles. The van der Waals surface area contributed by atoms with Gasteiger partial charge in [0.1, 0.15) is 0 Å². The van der Waals surface area contributed by atoms with E-state index in [4.69, 9.17) is 16.3 Å². The van der Waals surface area contributed by atoms with Gasteiger partial charge >= 0.3 is 5.97 Å². The maximum absolute atomic E-state index is 12.6. The van der Waals surface area contributed by atoms with Gasteiger partial charge in [-0.25, -0.2) is 4.79 Å². The average Bonchev–Trinajstić information content (AvgIpc) is 2.61. The predicted octanol–water partition coefficient (Wildman–Crippen LogP) is 3.95. The number of esters is 1. The lowest BCUT2D eigenvalue weighted by atomic mass is 10.0. The van der Waals surface area contributed by atoms with Gasteiger partial charge in [-0.05, 0) is 43.2 Å². The standard InChI is InChI=1S/C20H20ClNO3/c1-3-22-19(23)14(2)25-20(24)18(13-15-7-5-4-6-8-15)16-9-11-17(21)12-10-16/h4-14H,3H2,1-2H3,(H,22,23)/b18-13+/t14-/m1/s1. The summed E-state index contributed by atoms with van der Waals surface area (Å²) in [4.78, 5) is 24.5. The molecule has 0 heterocycles. The molecular formula is C20H20ClNO3. The monoisotopic (exact) mass is 357 g/mol. The van der Waals surface area contributed by atoms with E-state index in [-0.39, 0.29) is 5.91 Å². The lowest BCUT2D eigenvalue weighted by Gasteiger charge is -2.14. The van der Waals surface area contributed by atoms with Gasteiger partial charge in [-0.3, -0.25) is 4.79 Å². The zero-order chi connectivity index (χ0) is 18.2. The summed E-state index contributed by atoms with van der Waals surface area (Å²) in [5.41, 5.74) is 1.88. The van der Waals surface area contributed by atoms with Crippen molar-refractivity contribution in [3.8, 4) is 0 Å². The van der Waals surface area contributed by atoms with E-state index in [9.17, 15) is 9.59 Å². The van der Waals surface area contributed by atoms with Gasteiger partial charge in [0.25, 0.3) is 5.91 Å². The minimum absolute atomic E-state index is 0.328. The molecule has 5 heteroatoms. The molecule has 1 N–H and O–H groups in total. The maximum Gasteiger partial charge on any atom is 0.339 e. The highest BCUT2D eigenvalue weighted by Crippen LogP contribution is 2.22. The molecule has 130 valence electrons. The van der Waals surface area contributed by atoms with Crippen LogP contribution >= 0.6 is 11.6 Å². The van der Waals surface area contributed by atoms with Gasteiger partial charge in [0.2, 0.25) is 0 Å². The highest BCUT2D eigenvalue weighted by Gasteiger charge is 2.21. The summed E-state index contributed by atoms with van der Waals surface area (Å²) in [6.07, 6.45) is 0.856. The highest BCUT2D eigenvalue weighted by molar-refractivity contribution is 6.30. The molecule has 0 unspecified atom stereocenters. The minimum Gasteiger partial charge on any atom is -0.449 e. The Hall–Kier alpha value is -2.59. The number of amides is 1. The van der Waals surface area contributed by atoms with Crippen molar-refractivity contribution in [2.75, 3.05) is 6.54 Å². The summed E-state index contributed by atoms with van der Waals surface area (Å²) in [6.45, 7) is 3.83. The van der Waals surface area contributed by atoms with Crippen molar-refractivity contribution in [2.24, 2.45) is 0 Å². The Labute approximate surface area is 152 Å². The zero-order valence-corrected chi connectivity index (χ0v) is 14.9. The van der Waals surface area contributed by atoms with E-state index < -0.39 is 12.1 Å². The minimum atomic E-state index is -0.876. The summed E-state index contributed by atoms with van der Waals surface area (Å²) < 4.78 is 5.33. The van der Waals surface area contributed by atoms with Crippen LogP contribution in [0.5, 0.6) is 0 Å². The van der Waals surface area contributed by atoms with Crippen LogP contribution < -0.4 is 5.32 Å². The van der Waals surface area contributed by atoms with Crippen molar-refractivity contribution in [3.05, 3.63) is 70.7 Å². The van der Waals surface area contributed by atoms with Crippen LogP contribution in [0, 0.1) is 0 Å². The first-order valence-corrected chi connectivity index (χ1v) is 8.40. The number of halogens is 1. The second-order valence-electron chi connectivity index (χ2n) is 5.42. The van der Waals surface area contributed by atoms with Crippen molar-refractivity contribution in [3.63, 3.8) is 0 Å². The van der Waals surface area contributed by atoms with Crippen LogP contribution in [0.15, 0.2) is 54.6 Å². The van der Waals surface area contributed by atoms with Crippen molar-refractivity contribution in [1.82, 2.24) is 5.32 Å². The first kappa shape index (κ1) is 18.7. The van der Waals surface area contributed by atoms with Crippen molar-refractivity contribution >= 4 is 35.1 Å². The van der Waals surface area contributed by atoms with E-state index in [1.54, 1.807) is 44.2 Å². The predicted molar refractivity (Wildman–Crippen MR) is 100 cm³/mol. The van der Waals surface area contributed by atoms with Crippen LogP contribution in [0.25, 0.3) is 11.6 Å². The van der Waals surface area contributed by atoms with E-state index in [1.165, 1.54) is 0 Å². The van der Waals surface area contributed by atoms with Crippen molar-refractivity contribution in [1.29, 1.82) is 0 Å². The number of rotatable bonds is 6. The van der Waals surface area contributed by atoms with E-state index in [1.807, 2.05) is 30.3 Å². The molecule has 0 bridgehead atoms. The molecule has 0 fully saturated rings. The second-order valence-corrected chi connectivity index (χ2v) is 5.85. The number of carbonyl (C=O) groups excluding carboxylic acids is 2. The normalized spacial score (nSPS) is 12.4. The van der Waals surface area contributed by atoms with E-state index in [2.05, 4.69) is 5.32 Å². The highest BCUT2D eigenvalue weighted by atomic mass is 35.5. The maximum atomic E-state index is 12.6. The van der Waals surface area contributed by atoms with E-state index >= 15 is 0 Å². The number of hydrogen-bond donors (Lipinski definition) is 1. The third-order valence-corrected chi connectivity index (χ3v) is 3.74. The molecule has 1 amide bonds. The first-order valence-electron chi connectivity index (χ1n) is 8.02. The van der Waals surface area contributed by atoms with Gasteiger partial charge in [-0.2, -0.15) is 0 Å². The molecule has 2 rings (SSSR count). The number of benzene rings is 2. The topological polar surface area (TPSA) is 55.4 Å².